The van der Waals surface area contributed by atoms with Crippen LogP contribution in [0.4, 0.5) is 4.39 Å². The molecule has 21 heavy (non-hydrogen) atoms. The molecule has 0 radical (unpaired) electrons. The molecule has 0 heterocycles. The molecule has 1 unspecified atom stereocenters. The number of halogens is 1. The van der Waals surface area contributed by atoms with Gasteiger partial charge in [-0.25, -0.2) is 4.39 Å². The van der Waals surface area contributed by atoms with Gasteiger partial charge in [0, 0.05) is 12.7 Å². The topological polar surface area (TPSA) is 21.3 Å². The van der Waals surface area contributed by atoms with Gasteiger partial charge in [-0.2, -0.15) is 0 Å². The van der Waals surface area contributed by atoms with Crippen LogP contribution in [0.25, 0.3) is 0 Å². The standard InChI is InChI=1S/C18H28FNO/c1-12-6-8-18(21-5,9-7-12)17(20-4)16-14(3)10-13(2)11-15(16)19/h10-12,17,20H,6-9H2,1-5H3. The Morgan fingerprint density at radius 1 is 1.29 bits per heavy atom. The van der Waals surface area contributed by atoms with Crippen molar-refractivity contribution < 1.29 is 9.13 Å². The highest BCUT2D eigenvalue weighted by Gasteiger charge is 2.43. The number of ether oxygens (including phenoxy) is 1. The molecule has 1 aliphatic rings. The van der Waals surface area contributed by atoms with Crippen molar-refractivity contribution in [2.24, 2.45) is 5.92 Å². The van der Waals surface area contributed by atoms with Gasteiger partial charge >= 0.3 is 0 Å². The third-order valence-corrected chi connectivity index (χ3v) is 5.11. The molecule has 1 aliphatic carbocycles. The average Bonchev–Trinajstić information content (AvgIpc) is 2.44. The fraction of sp³-hybridized carbons (Fsp3) is 0.667. The third kappa shape index (κ3) is 3.14. The maximum Gasteiger partial charge on any atom is 0.128 e. The van der Waals surface area contributed by atoms with Crippen LogP contribution in [0.2, 0.25) is 0 Å². The molecule has 1 aromatic rings. The molecule has 0 aliphatic heterocycles. The summed E-state index contributed by atoms with van der Waals surface area (Å²) in [7, 11) is 3.67. The largest absolute Gasteiger partial charge is 0.376 e. The molecular formula is C18H28FNO. The van der Waals surface area contributed by atoms with Gasteiger partial charge in [0.15, 0.2) is 0 Å². The molecule has 2 nitrogen and oxygen atoms in total. The van der Waals surface area contributed by atoms with E-state index < -0.39 is 0 Å². The number of methoxy groups -OCH3 is 1. The van der Waals surface area contributed by atoms with Gasteiger partial charge in [-0.05, 0) is 69.7 Å². The first-order valence-electron chi connectivity index (χ1n) is 7.92. The molecule has 1 fully saturated rings. The summed E-state index contributed by atoms with van der Waals surface area (Å²) in [5.74, 6) is 0.608. The highest BCUT2D eigenvalue weighted by molar-refractivity contribution is 5.36. The Kier molecular flexibility index (Phi) is 5.05. The Bertz CT molecular complexity index is 469. The summed E-state index contributed by atoms with van der Waals surface area (Å²) in [6, 6.07) is 3.58. The van der Waals surface area contributed by atoms with Crippen molar-refractivity contribution in [1.82, 2.24) is 5.32 Å². The summed E-state index contributed by atoms with van der Waals surface area (Å²) >= 11 is 0. The van der Waals surface area contributed by atoms with Gasteiger partial charge in [-0.15, -0.1) is 0 Å². The van der Waals surface area contributed by atoms with Crippen LogP contribution in [0.3, 0.4) is 0 Å². The molecule has 1 aromatic carbocycles. The lowest BCUT2D eigenvalue weighted by atomic mass is 9.72. The summed E-state index contributed by atoms with van der Waals surface area (Å²) in [5.41, 5.74) is 2.43. The predicted molar refractivity (Wildman–Crippen MR) is 85.0 cm³/mol. The highest BCUT2D eigenvalue weighted by atomic mass is 19.1. The van der Waals surface area contributed by atoms with Crippen molar-refractivity contribution in [1.29, 1.82) is 0 Å². The molecule has 1 N–H and O–H groups in total. The fourth-order valence-corrected chi connectivity index (χ4v) is 3.82. The zero-order valence-electron chi connectivity index (χ0n) is 13.9. The van der Waals surface area contributed by atoms with E-state index in [1.165, 1.54) is 0 Å². The summed E-state index contributed by atoms with van der Waals surface area (Å²) < 4.78 is 20.5. The minimum Gasteiger partial charge on any atom is -0.376 e. The summed E-state index contributed by atoms with van der Waals surface area (Å²) in [5, 5.41) is 3.33. The van der Waals surface area contributed by atoms with E-state index in [-0.39, 0.29) is 17.5 Å². The molecule has 0 amide bonds. The number of hydrogen-bond donors (Lipinski definition) is 1. The summed E-state index contributed by atoms with van der Waals surface area (Å²) in [6.45, 7) is 6.21. The van der Waals surface area contributed by atoms with Crippen LogP contribution in [-0.4, -0.2) is 19.8 Å². The van der Waals surface area contributed by atoms with Crippen LogP contribution >= 0.6 is 0 Å². The van der Waals surface area contributed by atoms with Crippen molar-refractivity contribution in [3.05, 3.63) is 34.6 Å². The molecule has 1 saturated carbocycles. The Morgan fingerprint density at radius 3 is 2.38 bits per heavy atom. The lowest BCUT2D eigenvalue weighted by molar-refractivity contribution is -0.0753. The second kappa shape index (κ2) is 6.45. The number of hydrogen-bond acceptors (Lipinski definition) is 2. The SMILES string of the molecule is CNC(c1c(C)cc(C)cc1F)C1(OC)CCC(C)CC1. The first-order chi connectivity index (χ1) is 9.93. The quantitative estimate of drug-likeness (QED) is 0.893. The molecule has 0 saturated heterocycles. The first kappa shape index (κ1) is 16.4. The molecule has 118 valence electrons. The third-order valence-electron chi connectivity index (χ3n) is 5.11. The van der Waals surface area contributed by atoms with Crippen molar-refractivity contribution in [3.63, 3.8) is 0 Å². The molecular weight excluding hydrogens is 265 g/mol. The first-order valence-corrected chi connectivity index (χ1v) is 7.92. The van der Waals surface area contributed by atoms with Crippen LogP contribution < -0.4 is 5.32 Å². The van der Waals surface area contributed by atoms with E-state index >= 15 is 0 Å². The molecule has 2 rings (SSSR count). The summed E-state index contributed by atoms with van der Waals surface area (Å²) in [6.07, 6.45) is 4.23. The second-order valence-corrected chi connectivity index (χ2v) is 6.65. The van der Waals surface area contributed by atoms with Crippen molar-refractivity contribution in [3.8, 4) is 0 Å². The summed E-state index contributed by atoms with van der Waals surface area (Å²) in [4.78, 5) is 0. The van der Waals surface area contributed by atoms with E-state index in [0.717, 1.165) is 48.3 Å². The fourth-order valence-electron chi connectivity index (χ4n) is 3.82. The normalized spacial score (nSPS) is 27.6. The van der Waals surface area contributed by atoms with Gasteiger partial charge in [0.2, 0.25) is 0 Å². The van der Waals surface area contributed by atoms with Crippen LogP contribution in [0, 0.1) is 25.6 Å². The maximum absolute atomic E-state index is 14.6. The van der Waals surface area contributed by atoms with Crippen molar-refractivity contribution >= 4 is 0 Å². The molecule has 1 atom stereocenters. The molecule has 0 aromatic heterocycles. The van der Waals surface area contributed by atoms with E-state index in [2.05, 4.69) is 18.3 Å². The van der Waals surface area contributed by atoms with E-state index in [4.69, 9.17) is 4.74 Å². The van der Waals surface area contributed by atoms with Gasteiger partial charge < -0.3 is 10.1 Å². The van der Waals surface area contributed by atoms with Crippen molar-refractivity contribution in [2.45, 2.75) is 58.1 Å². The zero-order valence-corrected chi connectivity index (χ0v) is 13.9. The highest BCUT2D eigenvalue weighted by Crippen LogP contribution is 2.44. The van der Waals surface area contributed by atoms with E-state index in [0.29, 0.717) is 0 Å². The zero-order chi connectivity index (χ0) is 15.6. The lowest BCUT2D eigenvalue weighted by Gasteiger charge is -2.44. The number of rotatable bonds is 4. The van der Waals surface area contributed by atoms with Crippen LogP contribution in [0.5, 0.6) is 0 Å². The Labute approximate surface area is 128 Å². The predicted octanol–water partition coefficient (Wildman–Crippen LogP) is 4.30. The van der Waals surface area contributed by atoms with Gasteiger partial charge in [-0.3, -0.25) is 0 Å². The monoisotopic (exact) mass is 293 g/mol. The smallest absolute Gasteiger partial charge is 0.128 e. The number of benzene rings is 1. The number of nitrogens with one attached hydrogen (secondary N) is 1. The lowest BCUT2D eigenvalue weighted by Crippen LogP contribution is -2.47. The maximum atomic E-state index is 14.6. The van der Waals surface area contributed by atoms with Gasteiger partial charge in [0.05, 0.1) is 11.6 Å². The van der Waals surface area contributed by atoms with Crippen molar-refractivity contribution in [2.75, 3.05) is 14.2 Å². The van der Waals surface area contributed by atoms with Crippen LogP contribution in [0.15, 0.2) is 12.1 Å². The van der Waals surface area contributed by atoms with E-state index in [1.807, 2.05) is 20.9 Å². The van der Waals surface area contributed by atoms with Gasteiger partial charge in [0.1, 0.15) is 5.82 Å². The second-order valence-electron chi connectivity index (χ2n) is 6.65. The minimum atomic E-state index is -0.303. The molecule has 0 bridgehead atoms. The molecule has 0 spiro atoms. The van der Waals surface area contributed by atoms with Gasteiger partial charge in [0.25, 0.3) is 0 Å². The Balaban J connectivity index is 2.43. The molecule has 3 heteroatoms. The average molecular weight is 293 g/mol. The van der Waals surface area contributed by atoms with E-state index in [1.54, 1.807) is 13.2 Å². The Morgan fingerprint density at radius 2 is 1.90 bits per heavy atom. The van der Waals surface area contributed by atoms with Crippen LogP contribution in [0.1, 0.15) is 55.3 Å². The van der Waals surface area contributed by atoms with E-state index in [9.17, 15) is 4.39 Å². The number of aryl methyl sites for hydroxylation is 2. The number of likely N-dealkylation sites (N-methyl/N-ethyl adjacent to an activating group) is 1. The Hall–Kier alpha value is -0.930. The minimum absolute atomic E-state index is 0.101. The van der Waals surface area contributed by atoms with Gasteiger partial charge in [-0.1, -0.05) is 13.0 Å². The van der Waals surface area contributed by atoms with Crippen LogP contribution in [-0.2, 0) is 4.74 Å².